The van der Waals surface area contributed by atoms with Crippen LogP contribution >= 0.6 is 27.3 Å². The lowest BCUT2D eigenvalue weighted by atomic mass is 9.80. The van der Waals surface area contributed by atoms with E-state index in [1.54, 1.807) is 0 Å². The van der Waals surface area contributed by atoms with E-state index in [4.69, 9.17) is 4.98 Å². The third kappa shape index (κ3) is 3.57. The van der Waals surface area contributed by atoms with Crippen LogP contribution in [0.3, 0.4) is 0 Å². The fourth-order valence-electron chi connectivity index (χ4n) is 3.37. The molecular weight excluding hydrogens is 342 g/mol. The maximum Gasteiger partial charge on any atom is 0.0963 e. The monoisotopic (exact) mass is 363 g/mol. The molecule has 0 radical (unpaired) electrons. The second kappa shape index (κ2) is 7.06. The summed E-state index contributed by atoms with van der Waals surface area (Å²) in [4.78, 5) is 4.92. The van der Waals surface area contributed by atoms with Gasteiger partial charge in [0, 0.05) is 21.3 Å². The SMILES string of the molecule is CCCC1CCC(c2nc(-c3ccccc3Br)cs2)CC1. The maximum atomic E-state index is 4.92. The van der Waals surface area contributed by atoms with Crippen molar-refractivity contribution in [3.05, 3.63) is 39.1 Å². The highest BCUT2D eigenvalue weighted by molar-refractivity contribution is 9.10. The van der Waals surface area contributed by atoms with Gasteiger partial charge in [0.05, 0.1) is 10.7 Å². The maximum absolute atomic E-state index is 4.92. The Morgan fingerprint density at radius 2 is 1.95 bits per heavy atom. The molecule has 0 aliphatic heterocycles. The number of halogens is 1. The summed E-state index contributed by atoms with van der Waals surface area (Å²) in [7, 11) is 0. The number of aromatic nitrogens is 1. The van der Waals surface area contributed by atoms with Gasteiger partial charge in [0.15, 0.2) is 0 Å². The van der Waals surface area contributed by atoms with Crippen molar-refractivity contribution in [3.63, 3.8) is 0 Å². The zero-order valence-corrected chi connectivity index (χ0v) is 14.9. The fraction of sp³-hybridized carbons (Fsp3) is 0.500. The van der Waals surface area contributed by atoms with Gasteiger partial charge in [0.1, 0.15) is 0 Å². The second-order valence-electron chi connectivity index (χ2n) is 6.06. The van der Waals surface area contributed by atoms with Crippen LogP contribution in [0, 0.1) is 5.92 Å². The lowest BCUT2D eigenvalue weighted by Crippen LogP contribution is -2.13. The van der Waals surface area contributed by atoms with Crippen LogP contribution in [-0.4, -0.2) is 4.98 Å². The minimum absolute atomic E-state index is 0.694. The van der Waals surface area contributed by atoms with E-state index in [2.05, 4.69) is 52.5 Å². The molecule has 1 nitrogen and oxygen atoms in total. The Kier molecular flexibility index (Phi) is 5.12. The van der Waals surface area contributed by atoms with Crippen LogP contribution in [0.25, 0.3) is 11.3 Å². The number of thiazole rings is 1. The average molecular weight is 364 g/mol. The van der Waals surface area contributed by atoms with Crippen LogP contribution in [0.2, 0.25) is 0 Å². The van der Waals surface area contributed by atoms with Gasteiger partial charge in [0.2, 0.25) is 0 Å². The van der Waals surface area contributed by atoms with Crippen molar-refractivity contribution in [2.24, 2.45) is 5.92 Å². The van der Waals surface area contributed by atoms with Crippen molar-refractivity contribution in [3.8, 4) is 11.3 Å². The molecule has 1 aliphatic rings. The molecule has 1 aromatic carbocycles. The molecule has 3 heteroatoms. The van der Waals surface area contributed by atoms with Gasteiger partial charge >= 0.3 is 0 Å². The minimum Gasteiger partial charge on any atom is -0.241 e. The number of hydrogen-bond acceptors (Lipinski definition) is 2. The molecule has 1 aromatic heterocycles. The van der Waals surface area contributed by atoms with Crippen LogP contribution < -0.4 is 0 Å². The molecule has 0 N–H and O–H groups in total. The zero-order chi connectivity index (χ0) is 14.7. The minimum atomic E-state index is 0.694. The smallest absolute Gasteiger partial charge is 0.0963 e. The molecule has 0 saturated heterocycles. The van der Waals surface area contributed by atoms with Crippen molar-refractivity contribution in [1.82, 2.24) is 4.98 Å². The Hall–Kier alpha value is -0.670. The van der Waals surface area contributed by atoms with E-state index >= 15 is 0 Å². The van der Waals surface area contributed by atoms with E-state index in [1.807, 2.05) is 11.3 Å². The highest BCUT2D eigenvalue weighted by Gasteiger charge is 2.24. The molecule has 0 spiro atoms. The molecule has 3 rings (SSSR count). The van der Waals surface area contributed by atoms with Gasteiger partial charge < -0.3 is 0 Å². The van der Waals surface area contributed by atoms with Gasteiger partial charge in [0.25, 0.3) is 0 Å². The van der Waals surface area contributed by atoms with Crippen LogP contribution in [-0.2, 0) is 0 Å². The number of rotatable bonds is 4. The first-order valence-electron chi connectivity index (χ1n) is 7.98. The number of benzene rings is 1. The Morgan fingerprint density at radius 1 is 1.19 bits per heavy atom. The van der Waals surface area contributed by atoms with E-state index in [1.165, 1.54) is 49.1 Å². The molecule has 1 saturated carbocycles. The third-order valence-electron chi connectivity index (χ3n) is 4.56. The Bertz CT molecular complexity index is 584. The fourth-order valence-corrected chi connectivity index (χ4v) is 4.85. The van der Waals surface area contributed by atoms with E-state index in [0.29, 0.717) is 5.92 Å². The highest BCUT2D eigenvalue weighted by Crippen LogP contribution is 2.40. The molecule has 2 aromatic rings. The van der Waals surface area contributed by atoms with E-state index in [-0.39, 0.29) is 0 Å². The average Bonchev–Trinajstić information content (AvgIpc) is 2.98. The van der Waals surface area contributed by atoms with E-state index in [0.717, 1.165) is 16.1 Å². The molecule has 0 bridgehead atoms. The third-order valence-corrected chi connectivity index (χ3v) is 6.26. The van der Waals surface area contributed by atoms with E-state index < -0.39 is 0 Å². The Labute approximate surface area is 139 Å². The normalized spacial score (nSPS) is 22.4. The van der Waals surface area contributed by atoms with Crippen LogP contribution in [0.5, 0.6) is 0 Å². The van der Waals surface area contributed by atoms with Crippen molar-refractivity contribution < 1.29 is 0 Å². The largest absolute Gasteiger partial charge is 0.241 e. The highest BCUT2D eigenvalue weighted by atomic mass is 79.9. The molecule has 1 aliphatic carbocycles. The van der Waals surface area contributed by atoms with Gasteiger partial charge in [-0.15, -0.1) is 11.3 Å². The summed E-state index contributed by atoms with van der Waals surface area (Å²) < 4.78 is 1.13. The Balaban J connectivity index is 1.70. The first-order valence-corrected chi connectivity index (χ1v) is 9.65. The summed E-state index contributed by atoms with van der Waals surface area (Å²) in [6, 6.07) is 8.36. The van der Waals surface area contributed by atoms with E-state index in [9.17, 15) is 0 Å². The van der Waals surface area contributed by atoms with Crippen molar-refractivity contribution in [2.45, 2.75) is 51.4 Å². The zero-order valence-electron chi connectivity index (χ0n) is 12.5. The lowest BCUT2D eigenvalue weighted by molar-refractivity contribution is 0.308. The van der Waals surface area contributed by atoms with Gasteiger partial charge in [-0.3, -0.25) is 0 Å². The summed E-state index contributed by atoms with van der Waals surface area (Å²) >= 11 is 5.47. The first-order chi connectivity index (χ1) is 10.3. The van der Waals surface area contributed by atoms with Crippen molar-refractivity contribution in [1.29, 1.82) is 0 Å². The molecule has 0 unspecified atom stereocenters. The first kappa shape index (κ1) is 15.2. The van der Waals surface area contributed by atoms with Crippen molar-refractivity contribution in [2.75, 3.05) is 0 Å². The molecule has 0 atom stereocenters. The predicted molar refractivity (Wildman–Crippen MR) is 94.9 cm³/mol. The summed E-state index contributed by atoms with van der Waals surface area (Å²) in [5.74, 6) is 1.66. The number of nitrogens with zero attached hydrogens (tertiary/aromatic N) is 1. The van der Waals surface area contributed by atoms with Crippen LogP contribution in [0.4, 0.5) is 0 Å². The molecule has 0 amide bonds. The molecule has 21 heavy (non-hydrogen) atoms. The molecule has 1 fully saturated rings. The summed E-state index contributed by atoms with van der Waals surface area (Å²) in [5.41, 5.74) is 2.33. The van der Waals surface area contributed by atoms with Gasteiger partial charge in [-0.1, -0.05) is 53.9 Å². The topological polar surface area (TPSA) is 12.9 Å². The Morgan fingerprint density at radius 3 is 2.67 bits per heavy atom. The molecule has 1 heterocycles. The quantitative estimate of drug-likeness (QED) is 0.592. The van der Waals surface area contributed by atoms with Gasteiger partial charge in [-0.25, -0.2) is 4.98 Å². The molecular formula is C18H22BrNS. The second-order valence-corrected chi connectivity index (χ2v) is 7.80. The van der Waals surface area contributed by atoms with Crippen LogP contribution in [0.15, 0.2) is 34.1 Å². The van der Waals surface area contributed by atoms with Gasteiger partial charge in [-0.2, -0.15) is 0 Å². The van der Waals surface area contributed by atoms with Gasteiger partial charge in [-0.05, 0) is 37.7 Å². The standard InChI is InChI=1S/C18H22BrNS/c1-2-5-13-8-10-14(11-9-13)18-20-17(12-21-18)15-6-3-4-7-16(15)19/h3-4,6-7,12-14H,2,5,8-11H2,1H3. The van der Waals surface area contributed by atoms with Crippen molar-refractivity contribution >= 4 is 27.3 Å². The van der Waals surface area contributed by atoms with Crippen LogP contribution in [0.1, 0.15) is 56.4 Å². The number of hydrogen-bond donors (Lipinski definition) is 0. The molecule has 112 valence electrons. The summed E-state index contributed by atoms with van der Waals surface area (Å²) in [6.45, 7) is 2.30. The summed E-state index contributed by atoms with van der Waals surface area (Å²) in [6.07, 6.45) is 8.18. The lowest BCUT2D eigenvalue weighted by Gasteiger charge is -2.26. The summed E-state index contributed by atoms with van der Waals surface area (Å²) in [5, 5.41) is 3.56. The predicted octanol–water partition coefficient (Wildman–Crippen LogP) is 6.65.